The number of benzene rings is 1. The molecular formula is C14H22FNO. The summed E-state index contributed by atoms with van der Waals surface area (Å²) in [5.74, 6) is -0.218. The highest BCUT2D eigenvalue weighted by Gasteiger charge is 2.19. The van der Waals surface area contributed by atoms with Crippen LogP contribution in [0.2, 0.25) is 0 Å². The topological polar surface area (TPSA) is 32.3 Å². The van der Waals surface area contributed by atoms with Gasteiger partial charge in [-0.05, 0) is 37.5 Å². The lowest BCUT2D eigenvalue weighted by Gasteiger charge is -2.26. The van der Waals surface area contributed by atoms with Gasteiger partial charge in [-0.2, -0.15) is 0 Å². The Bertz CT molecular complexity index is 352. The number of hydrogen-bond acceptors (Lipinski definition) is 2. The highest BCUT2D eigenvalue weighted by atomic mass is 19.1. The molecule has 1 rings (SSSR count). The molecule has 0 amide bonds. The van der Waals surface area contributed by atoms with Gasteiger partial charge in [0.05, 0.1) is 5.60 Å². The molecule has 0 radical (unpaired) electrons. The third-order valence-electron chi connectivity index (χ3n) is 3.15. The lowest BCUT2D eigenvalue weighted by atomic mass is 10.0. The van der Waals surface area contributed by atoms with E-state index in [4.69, 9.17) is 0 Å². The molecule has 0 fully saturated rings. The first-order chi connectivity index (χ1) is 7.98. The Kier molecular flexibility index (Phi) is 5.09. The maximum absolute atomic E-state index is 13.1. The second kappa shape index (κ2) is 6.12. The van der Waals surface area contributed by atoms with Crippen molar-refractivity contribution in [3.63, 3.8) is 0 Å². The minimum atomic E-state index is -0.708. The van der Waals surface area contributed by atoms with Crippen LogP contribution in [0, 0.1) is 5.82 Å². The molecule has 1 aromatic rings. The van der Waals surface area contributed by atoms with Gasteiger partial charge in [-0.25, -0.2) is 4.39 Å². The Labute approximate surface area is 103 Å². The van der Waals surface area contributed by atoms with Crippen LogP contribution >= 0.6 is 0 Å². The fraction of sp³-hybridized carbons (Fsp3) is 0.571. The van der Waals surface area contributed by atoms with Crippen LogP contribution in [0.5, 0.6) is 0 Å². The second-order valence-electron chi connectivity index (χ2n) is 4.75. The number of aliphatic hydroxyl groups is 1. The van der Waals surface area contributed by atoms with E-state index in [0.29, 0.717) is 13.0 Å². The fourth-order valence-electron chi connectivity index (χ4n) is 1.69. The average molecular weight is 239 g/mol. The van der Waals surface area contributed by atoms with Crippen molar-refractivity contribution in [2.75, 3.05) is 6.54 Å². The standard InChI is InChI=1S/C14H22FNO/c1-4-13(16-10-14(3,17)5-2)11-7-6-8-12(15)9-11/h6-9,13,16-17H,4-5,10H2,1-3H3. The first kappa shape index (κ1) is 14.1. The molecular weight excluding hydrogens is 217 g/mol. The van der Waals surface area contributed by atoms with Gasteiger partial charge in [-0.15, -0.1) is 0 Å². The Morgan fingerprint density at radius 3 is 2.65 bits per heavy atom. The summed E-state index contributed by atoms with van der Waals surface area (Å²) in [6.45, 7) is 6.31. The summed E-state index contributed by atoms with van der Waals surface area (Å²) in [5.41, 5.74) is 0.222. The third-order valence-corrected chi connectivity index (χ3v) is 3.15. The molecule has 0 aliphatic heterocycles. The number of nitrogens with one attached hydrogen (secondary N) is 1. The normalized spacial score (nSPS) is 16.5. The molecule has 2 nitrogen and oxygen atoms in total. The molecule has 0 bridgehead atoms. The van der Waals surface area contributed by atoms with Gasteiger partial charge in [0.15, 0.2) is 0 Å². The summed E-state index contributed by atoms with van der Waals surface area (Å²) in [6, 6.07) is 6.70. The van der Waals surface area contributed by atoms with E-state index >= 15 is 0 Å². The van der Waals surface area contributed by atoms with E-state index in [1.54, 1.807) is 19.1 Å². The molecule has 2 atom stereocenters. The highest BCUT2D eigenvalue weighted by molar-refractivity contribution is 5.20. The summed E-state index contributed by atoms with van der Waals surface area (Å²) >= 11 is 0. The molecule has 0 aromatic heterocycles. The molecule has 3 heteroatoms. The second-order valence-corrected chi connectivity index (χ2v) is 4.75. The molecule has 96 valence electrons. The molecule has 0 heterocycles. The van der Waals surface area contributed by atoms with Crippen LogP contribution < -0.4 is 5.32 Å². The lowest BCUT2D eigenvalue weighted by molar-refractivity contribution is 0.0526. The number of halogens is 1. The van der Waals surface area contributed by atoms with E-state index in [2.05, 4.69) is 5.32 Å². The zero-order valence-electron chi connectivity index (χ0n) is 10.8. The van der Waals surface area contributed by atoms with Gasteiger partial charge >= 0.3 is 0 Å². The van der Waals surface area contributed by atoms with Gasteiger partial charge in [0, 0.05) is 12.6 Å². The van der Waals surface area contributed by atoms with Crippen molar-refractivity contribution < 1.29 is 9.50 Å². The highest BCUT2D eigenvalue weighted by Crippen LogP contribution is 2.18. The van der Waals surface area contributed by atoms with E-state index in [-0.39, 0.29) is 11.9 Å². The monoisotopic (exact) mass is 239 g/mol. The van der Waals surface area contributed by atoms with Crippen LogP contribution in [-0.2, 0) is 0 Å². The van der Waals surface area contributed by atoms with Gasteiger partial charge in [0.25, 0.3) is 0 Å². The van der Waals surface area contributed by atoms with Crippen LogP contribution in [0.3, 0.4) is 0 Å². The Morgan fingerprint density at radius 2 is 2.12 bits per heavy atom. The predicted octanol–water partition coefficient (Wildman–Crippen LogP) is 3.03. The predicted molar refractivity (Wildman–Crippen MR) is 68.3 cm³/mol. The van der Waals surface area contributed by atoms with Crippen LogP contribution in [0.1, 0.15) is 45.2 Å². The molecule has 0 aliphatic rings. The smallest absolute Gasteiger partial charge is 0.123 e. The average Bonchev–Trinajstić information content (AvgIpc) is 2.30. The van der Waals surface area contributed by atoms with Crippen LogP contribution in [0.25, 0.3) is 0 Å². The Hall–Kier alpha value is -0.930. The largest absolute Gasteiger partial charge is 0.389 e. The zero-order valence-corrected chi connectivity index (χ0v) is 10.8. The molecule has 0 saturated heterocycles. The molecule has 2 unspecified atom stereocenters. The summed E-state index contributed by atoms with van der Waals surface area (Å²) in [5, 5.41) is 13.2. The van der Waals surface area contributed by atoms with Crippen LogP contribution in [-0.4, -0.2) is 17.3 Å². The third kappa shape index (κ3) is 4.44. The number of rotatable bonds is 6. The van der Waals surface area contributed by atoms with Crippen molar-refractivity contribution in [3.05, 3.63) is 35.6 Å². The van der Waals surface area contributed by atoms with E-state index in [0.717, 1.165) is 12.0 Å². The Balaban J connectivity index is 2.66. The molecule has 0 saturated carbocycles. The van der Waals surface area contributed by atoms with Crippen molar-refractivity contribution in [3.8, 4) is 0 Å². The summed E-state index contributed by atoms with van der Waals surface area (Å²) in [4.78, 5) is 0. The minimum Gasteiger partial charge on any atom is -0.389 e. The fourth-order valence-corrected chi connectivity index (χ4v) is 1.69. The number of hydrogen-bond donors (Lipinski definition) is 2. The van der Waals surface area contributed by atoms with Crippen molar-refractivity contribution in [1.82, 2.24) is 5.32 Å². The van der Waals surface area contributed by atoms with Gasteiger partial charge in [-0.1, -0.05) is 26.0 Å². The maximum Gasteiger partial charge on any atom is 0.123 e. The van der Waals surface area contributed by atoms with E-state index < -0.39 is 5.60 Å². The summed E-state index contributed by atoms with van der Waals surface area (Å²) < 4.78 is 13.1. The first-order valence-electron chi connectivity index (χ1n) is 6.19. The van der Waals surface area contributed by atoms with Crippen molar-refractivity contribution in [1.29, 1.82) is 0 Å². The van der Waals surface area contributed by atoms with E-state index in [1.807, 2.05) is 19.9 Å². The maximum atomic E-state index is 13.1. The first-order valence-corrected chi connectivity index (χ1v) is 6.19. The molecule has 0 aliphatic carbocycles. The molecule has 17 heavy (non-hydrogen) atoms. The van der Waals surface area contributed by atoms with Crippen molar-refractivity contribution in [2.45, 2.75) is 45.3 Å². The SMILES string of the molecule is CCC(NCC(C)(O)CC)c1cccc(F)c1. The summed E-state index contributed by atoms with van der Waals surface area (Å²) in [6.07, 6.45) is 1.56. The van der Waals surface area contributed by atoms with Crippen molar-refractivity contribution >= 4 is 0 Å². The minimum absolute atomic E-state index is 0.0868. The van der Waals surface area contributed by atoms with Gasteiger partial charge in [0.1, 0.15) is 5.82 Å². The Morgan fingerprint density at radius 1 is 1.41 bits per heavy atom. The van der Waals surface area contributed by atoms with Crippen LogP contribution in [0.4, 0.5) is 4.39 Å². The molecule has 2 N–H and O–H groups in total. The van der Waals surface area contributed by atoms with Gasteiger partial charge in [-0.3, -0.25) is 0 Å². The van der Waals surface area contributed by atoms with Crippen LogP contribution in [0.15, 0.2) is 24.3 Å². The summed E-state index contributed by atoms with van der Waals surface area (Å²) in [7, 11) is 0. The lowest BCUT2D eigenvalue weighted by Crippen LogP contribution is -2.38. The van der Waals surface area contributed by atoms with Gasteiger partial charge in [0.2, 0.25) is 0 Å². The zero-order chi connectivity index (χ0) is 12.9. The molecule has 0 spiro atoms. The van der Waals surface area contributed by atoms with E-state index in [9.17, 15) is 9.50 Å². The van der Waals surface area contributed by atoms with Crippen molar-refractivity contribution in [2.24, 2.45) is 0 Å². The van der Waals surface area contributed by atoms with E-state index in [1.165, 1.54) is 6.07 Å². The van der Waals surface area contributed by atoms with Gasteiger partial charge < -0.3 is 10.4 Å². The quantitative estimate of drug-likeness (QED) is 0.799. The molecule has 1 aromatic carbocycles.